The molecule has 0 aliphatic rings. The fourth-order valence-electron chi connectivity index (χ4n) is 1.17. The highest BCUT2D eigenvalue weighted by Crippen LogP contribution is 2.02. The summed E-state index contributed by atoms with van der Waals surface area (Å²) in [6.45, 7) is 1.53. The summed E-state index contributed by atoms with van der Waals surface area (Å²) in [4.78, 5) is 9.99. The van der Waals surface area contributed by atoms with E-state index in [9.17, 15) is 9.18 Å². The number of hydrogen-bond donors (Lipinski definition) is 1. The lowest BCUT2D eigenvalue weighted by Gasteiger charge is -2.02. The van der Waals surface area contributed by atoms with Crippen molar-refractivity contribution in [2.24, 2.45) is 0 Å². The van der Waals surface area contributed by atoms with Gasteiger partial charge in [0.05, 0.1) is 0 Å². The third-order valence-corrected chi connectivity index (χ3v) is 1.94. The highest BCUT2D eigenvalue weighted by atomic mass is 19.1. The van der Waals surface area contributed by atoms with Gasteiger partial charge in [-0.1, -0.05) is 12.1 Å². The number of hydrogen-bond acceptors (Lipinski definition) is 2. The van der Waals surface area contributed by atoms with E-state index >= 15 is 0 Å². The summed E-state index contributed by atoms with van der Waals surface area (Å²) < 4.78 is 12.5. The summed E-state index contributed by atoms with van der Waals surface area (Å²) in [5.74, 6) is -0.206. The molecule has 2 nitrogen and oxygen atoms in total. The Morgan fingerprint density at radius 2 is 1.93 bits per heavy atom. The van der Waals surface area contributed by atoms with Crippen molar-refractivity contribution < 1.29 is 9.18 Å². The number of benzene rings is 1. The normalized spacial score (nSPS) is 10.1. The summed E-state index contributed by atoms with van der Waals surface area (Å²) in [5.41, 5.74) is 1.10. The van der Waals surface area contributed by atoms with Crippen molar-refractivity contribution in [3.05, 3.63) is 35.6 Å². The van der Waals surface area contributed by atoms with Gasteiger partial charge in [-0.25, -0.2) is 4.39 Å². The van der Waals surface area contributed by atoms with E-state index in [1.807, 2.05) is 0 Å². The SMILES string of the molecule is O=CCCNCCc1ccc(F)cc1. The van der Waals surface area contributed by atoms with Crippen LogP contribution >= 0.6 is 0 Å². The second-order valence-corrected chi connectivity index (χ2v) is 3.08. The lowest BCUT2D eigenvalue weighted by atomic mass is 10.1. The molecule has 1 aromatic rings. The molecule has 0 spiro atoms. The Morgan fingerprint density at radius 3 is 2.57 bits per heavy atom. The third kappa shape index (κ3) is 4.14. The van der Waals surface area contributed by atoms with Gasteiger partial charge in [0, 0.05) is 13.0 Å². The first kappa shape index (κ1) is 10.9. The third-order valence-electron chi connectivity index (χ3n) is 1.94. The van der Waals surface area contributed by atoms with Gasteiger partial charge in [0.2, 0.25) is 0 Å². The summed E-state index contributed by atoms with van der Waals surface area (Å²) in [6, 6.07) is 6.47. The zero-order chi connectivity index (χ0) is 10.2. The van der Waals surface area contributed by atoms with E-state index in [0.29, 0.717) is 13.0 Å². The molecular weight excluding hydrogens is 181 g/mol. The van der Waals surface area contributed by atoms with E-state index in [1.165, 1.54) is 12.1 Å². The first-order valence-corrected chi connectivity index (χ1v) is 4.71. The molecule has 0 fully saturated rings. The summed E-state index contributed by atoms with van der Waals surface area (Å²) in [7, 11) is 0. The van der Waals surface area contributed by atoms with Crippen molar-refractivity contribution >= 4 is 6.29 Å². The Morgan fingerprint density at radius 1 is 1.21 bits per heavy atom. The Hall–Kier alpha value is -1.22. The monoisotopic (exact) mass is 195 g/mol. The van der Waals surface area contributed by atoms with Crippen LogP contribution < -0.4 is 5.32 Å². The Kier molecular flexibility index (Phi) is 4.86. The molecule has 76 valence electrons. The number of rotatable bonds is 6. The molecule has 1 rings (SSSR count). The zero-order valence-corrected chi connectivity index (χ0v) is 8.00. The van der Waals surface area contributed by atoms with E-state index in [0.717, 1.165) is 24.8 Å². The molecule has 0 aliphatic carbocycles. The lowest BCUT2D eigenvalue weighted by molar-refractivity contribution is -0.107. The number of nitrogens with one attached hydrogen (secondary N) is 1. The minimum absolute atomic E-state index is 0.206. The summed E-state index contributed by atoms with van der Waals surface area (Å²) in [5, 5.41) is 3.12. The van der Waals surface area contributed by atoms with Crippen molar-refractivity contribution in [1.82, 2.24) is 5.32 Å². The van der Waals surface area contributed by atoms with Crippen LogP contribution in [0.2, 0.25) is 0 Å². The van der Waals surface area contributed by atoms with Crippen molar-refractivity contribution in [3.63, 3.8) is 0 Å². The molecule has 0 bridgehead atoms. The lowest BCUT2D eigenvalue weighted by Crippen LogP contribution is -2.18. The van der Waals surface area contributed by atoms with Crippen LogP contribution in [0, 0.1) is 5.82 Å². The van der Waals surface area contributed by atoms with Gasteiger partial charge in [-0.2, -0.15) is 0 Å². The van der Waals surface area contributed by atoms with Crippen LogP contribution in [0.15, 0.2) is 24.3 Å². The Balaban J connectivity index is 2.18. The van der Waals surface area contributed by atoms with Gasteiger partial charge < -0.3 is 10.1 Å². The van der Waals surface area contributed by atoms with Crippen LogP contribution in [0.4, 0.5) is 4.39 Å². The molecule has 0 heterocycles. The predicted molar refractivity (Wildman–Crippen MR) is 53.7 cm³/mol. The topological polar surface area (TPSA) is 29.1 Å². The molecule has 0 aromatic heterocycles. The average molecular weight is 195 g/mol. The molecular formula is C11H14FNO. The number of aldehydes is 1. The second-order valence-electron chi connectivity index (χ2n) is 3.08. The molecule has 14 heavy (non-hydrogen) atoms. The number of carbonyl (C=O) groups is 1. The van der Waals surface area contributed by atoms with Crippen molar-refractivity contribution in [3.8, 4) is 0 Å². The van der Waals surface area contributed by atoms with E-state index in [1.54, 1.807) is 12.1 Å². The molecule has 0 saturated carbocycles. The molecule has 3 heteroatoms. The van der Waals surface area contributed by atoms with Crippen LogP contribution in [-0.2, 0) is 11.2 Å². The van der Waals surface area contributed by atoms with Crippen LogP contribution in [-0.4, -0.2) is 19.4 Å². The number of carbonyl (C=O) groups excluding carboxylic acids is 1. The van der Waals surface area contributed by atoms with Crippen molar-refractivity contribution in [1.29, 1.82) is 0 Å². The Bertz CT molecular complexity index is 271. The smallest absolute Gasteiger partial charge is 0.123 e. The molecule has 0 unspecified atom stereocenters. The minimum atomic E-state index is -0.206. The van der Waals surface area contributed by atoms with E-state index in [-0.39, 0.29) is 5.82 Å². The number of halogens is 1. The van der Waals surface area contributed by atoms with Crippen molar-refractivity contribution in [2.75, 3.05) is 13.1 Å². The summed E-state index contributed by atoms with van der Waals surface area (Å²) >= 11 is 0. The first-order valence-electron chi connectivity index (χ1n) is 4.71. The van der Waals surface area contributed by atoms with Gasteiger partial charge in [0.15, 0.2) is 0 Å². The molecule has 0 amide bonds. The van der Waals surface area contributed by atoms with Gasteiger partial charge in [0.25, 0.3) is 0 Å². The highest BCUT2D eigenvalue weighted by Gasteiger charge is 1.93. The Labute approximate surface area is 83.1 Å². The highest BCUT2D eigenvalue weighted by molar-refractivity contribution is 5.49. The fourth-order valence-corrected chi connectivity index (χ4v) is 1.17. The standard InChI is InChI=1S/C11H14FNO/c12-11-4-2-10(3-5-11)6-8-13-7-1-9-14/h2-5,9,13H,1,6-8H2. The van der Waals surface area contributed by atoms with Crippen molar-refractivity contribution in [2.45, 2.75) is 12.8 Å². The largest absolute Gasteiger partial charge is 0.316 e. The van der Waals surface area contributed by atoms with Crippen LogP contribution in [0.3, 0.4) is 0 Å². The van der Waals surface area contributed by atoms with Gasteiger partial charge in [0.1, 0.15) is 12.1 Å². The minimum Gasteiger partial charge on any atom is -0.316 e. The molecule has 0 atom stereocenters. The van der Waals surface area contributed by atoms with Gasteiger partial charge in [-0.15, -0.1) is 0 Å². The van der Waals surface area contributed by atoms with E-state index < -0.39 is 0 Å². The predicted octanol–water partition coefficient (Wildman–Crippen LogP) is 1.55. The summed E-state index contributed by atoms with van der Waals surface area (Å²) in [6.07, 6.45) is 2.30. The first-order chi connectivity index (χ1) is 6.83. The average Bonchev–Trinajstić information content (AvgIpc) is 2.21. The molecule has 0 saturated heterocycles. The van der Waals surface area contributed by atoms with Crippen LogP contribution in [0.1, 0.15) is 12.0 Å². The van der Waals surface area contributed by atoms with Gasteiger partial charge in [-0.3, -0.25) is 0 Å². The fraction of sp³-hybridized carbons (Fsp3) is 0.364. The zero-order valence-electron chi connectivity index (χ0n) is 8.00. The van der Waals surface area contributed by atoms with E-state index in [2.05, 4.69) is 5.32 Å². The molecule has 0 aliphatic heterocycles. The quantitative estimate of drug-likeness (QED) is 0.551. The maximum Gasteiger partial charge on any atom is 0.123 e. The molecule has 1 N–H and O–H groups in total. The maximum absolute atomic E-state index is 12.5. The van der Waals surface area contributed by atoms with Crippen LogP contribution in [0.25, 0.3) is 0 Å². The van der Waals surface area contributed by atoms with Crippen LogP contribution in [0.5, 0.6) is 0 Å². The molecule has 0 radical (unpaired) electrons. The maximum atomic E-state index is 12.5. The second kappa shape index (κ2) is 6.27. The van der Waals surface area contributed by atoms with Gasteiger partial charge >= 0.3 is 0 Å². The molecule has 1 aromatic carbocycles. The van der Waals surface area contributed by atoms with Gasteiger partial charge in [-0.05, 0) is 30.7 Å². The van der Waals surface area contributed by atoms with E-state index in [4.69, 9.17) is 0 Å².